The molecule has 65 heavy (non-hydrogen) atoms. The summed E-state index contributed by atoms with van der Waals surface area (Å²) in [4.78, 5) is 44.7. The standard InChI is InChI=1S/C31H34F3N9O.3C2HF3O2/c32-31(33,34)26-11-21(14-36-13-20-1-2-20)12-27(41-26)44-24-5-3-23(4-6-24)42-17-30(18-42,8-9-35)43-16-22(15-40-43)28-25-7-10-37-29(25)39-19-38-28;3*3-2(4,5)1(6)7/h7,10-12,15-16,19-20,23-24,36H,1-6,8,13-14,17-18H2,(H,37,38,39);3*(H,6,7). The quantitative estimate of drug-likeness (QED) is 0.101. The molecule has 1 aliphatic heterocycles. The number of nitrogens with zero attached hydrogens (tertiary/aromatic N) is 7. The van der Waals surface area contributed by atoms with Crippen molar-refractivity contribution in [2.24, 2.45) is 5.92 Å². The van der Waals surface area contributed by atoms with Gasteiger partial charge < -0.3 is 30.4 Å². The first-order chi connectivity index (χ1) is 30.1. The number of nitrogens with one attached hydrogen (secondary N) is 2. The van der Waals surface area contributed by atoms with Gasteiger partial charge in [0.25, 0.3) is 0 Å². The number of pyridine rings is 1. The number of H-pyrrole nitrogens is 1. The predicted molar refractivity (Wildman–Crippen MR) is 196 cm³/mol. The van der Waals surface area contributed by atoms with Crippen LogP contribution in [0.5, 0.6) is 5.88 Å². The molecule has 28 heteroatoms. The summed E-state index contributed by atoms with van der Waals surface area (Å²) in [5.41, 5.74) is 1.62. The van der Waals surface area contributed by atoms with Crippen molar-refractivity contribution in [2.45, 2.75) is 93.9 Å². The minimum absolute atomic E-state index is 0.0403. The maximum atomic E-state index is 13.6. The zero-order valence-corrected chi connectivity index (χ0v) is 33.2. The summed E-state index contributed by atoms with van der Waals surface area (Å²) in [6, 6.07) is 7.35. The van der Waals surface area contributed by atoms with Gasteiger partial charge in [-0.15, -0.1) is 0 Å². The van der Waals surface area contributed by atoms with Crippen molar-refractivity contribution in [3.63, 3.8) is 0 Å². The summed E-state index contributed by atoms with van der Waals surface area (Å²) in [6.45, 7) is 2.58. The van der Waals surface area contributed by atoms with E-state index in [-0.39, 0.29) is 12.0 Å². The van der Waals surface area contributed by atoms with Crippen LogP contribution in [-0.4, -0.2) is 118 Å². The Morgan fingerprint density at radius 3 is 1.94 bits per heavy atom. The second-order valence-electron chi connectivity index (χ2n) is 14.8. The number of nitriles is 1. The number of halogens is 12. The Bertz CT molecular complexity index is 2230. The average Bonchev–Trinajstić information content (AvgIpc) is 3.64. The van der Waals surface area contributed by atoms with Crippen molar-refractivity contribution in [1.82, 2.24) is 39.9 Å². The summed E-state index contributed by atoms with van der Waals surface area (Å²) >= 11 is 0. The molecule has 0 atom stereocenters. The first kappa shape index (κ1) is 51.4. The molecular formula is C37H37F12N9O7. The van der Waals surface area contributed by atoms with Crippen molar-refractivity contribution in [1.29, 1.82) is 5.26 Å². The van der Waals surface area contributed by atoms with Crippen LogP contribution in [-0.2, 0) is 32.6 Å². The molecule has 5 heterocycles. The molecule has 3 aliphatic rings. The Morgan fingerprint density at radius 1 is 0.862 bits per heavy atom. The molecule has 2 aliphatic carbocycles. The molecule has 7 rings (SSSR count). The van der Waals surface area contributed by atoms with Gasteiger partial charge in [-0.2, -0.15) is 63.0 Å². The number of fused-ring (bicyclic) bond motifs is 1. The Morgan fingerprint density at radius 2 is 1.43 bits per heavy atom. The number of ether oxygens (including phenoxy) is 1. The van der Waals surface area contributed by atoms with E-state index in [0.29, 0.717) is 43.6 Å². The SMILES string of the molecule is N#CCC1(n2cc(-c3ncnc4[nH]ccc34)cn2)CN(C2CCC(Oc3cc(CNCC4CC4)cc(C(F)(F)F)n3)CC2)C1.O=C(O)C(F)(F)F.O=C(O)C(F)(F)F.O=C(O)C(F)(F)F. The van der Waals surface area contributed by atoms with Crippen molar-refractivity contribution in [2.75, 3.05) is 19.6 Å². The number of aliphatic carboxylic acids is 3. The number of carbonyl (C=O) groups is 3. The van der Waals surface area contributed by atoms with E-state index in [1.54, 1.807) is 12.3 Å². The zero-order chi connectivity index (χ0) is 48.5. The fourth-order valence-electron chi connectivity index (χ4n) is 6.57. The molecular weight excluding hydrogens is 910 g/mol. The number of hydrogen-bond acceptors (Lipinski definition) is 11. The molecule has 0 unspecified atom stereocenters. The molecule has 4 aromatic heterocycles. The number of alkyl halides is 12. The molecule has 0 radical (unpaired) electrons. The smallest absolute Gasteiger partial charge is 0.475 e. The molecule has 0 bridgehead atoms. The molecule has 0 spiro atoms. The number of likely N-dealkylation sites (tertiary alicyclic amines) is 1. The first-order valence-corrected chi connectivity index (χ1v) is 18.9. The minimum atomic E-state index is -5.08. The van der Waals surface area contributed by atoms with E-state index in [4.69, 9.17) is 34.4 Å². The fourth-order valence-corrected chi connectivity index (χ4v) is 6.57. The number of hydrogen-bond donors (Lipinski definition) is 5. The largest absolute Gasteiger partial charge is 0.490 e. The summed E-state index contributed by atoms with van der Waals surface area (Å²) in [6.07, 6.45) is -7.00. The van der Waals surface area contributed by atoms with Crippen molar-refractivity contribution in [3.8, 4) is 23.2 Å². The average molecular weight is 948 g/mol. The maximum absolute atomic E-state index is 13.6. The van der Waals surface area contributed by atoms with Crippen LogP contribution in [0.15, 0.2) is 43.1 Å². The van der Waals surface area contributed by atoms with Gasteiger partial charge in [-0.1, -0.05) is 0 Å². The number of carboxylic acid groups (broad SMARTS) is 3. The van der Waals surface area contributed by atoms with Gasteiger partial charge in [-0.3, -0.25) is 9.58 Å². The molecule has 4 aromatic rings. The molecule has 2 saturated carbocycles. The molecule has 16 nitrogen and oxygen atoms in total. The normalized spacial score (nSPS) is 18.6. The van der Waals surface area contributed by atoms with E-state index in [0.717, 1.165) is 60.6 Å². The van der Waals surface area contributed by atoms with E-state index < -0.39 is 53.8 Å². The van der Waals surface area contributed by atoms with E-state index >= 15 is 0 Å². The minimum Gasteiger partial charge on any atom is -0.475 e. The lowest BCUT2D eigenvalue weighted by molar-refractivity contribution is -0.193. The van der Waals surface area contributed by atoms with Crippen molar-refractivity contribution in [3.05, 3.63) is 54.4 Å². The third-order valence-corrected chi connectivity index (χ3v) is 9.89. The third kappa shape index (κ3) is 14.9. The van der Waals surface area contributed by atoms with Crippen molar-refractivity contribution < 1.29 is 87.1 Å². The van der Waals surface area contributed by atoms with Crippen LogP contribution < -0.4 is 10.1 Å². The molecule has 3 fully saturated rings. The lowest BCUT2D eigenvalue weighted by Crippen LogP contribution is -2.65. The molecule has 5 N–H and O–H groups in total. The second-order valence-corrected chi connectivity index (χ2v) is 14.8. The van der Waals surface area contributed by atoms with Crippen LogP contribution in [0.25, 0.3) is 22.3 Å². The van der Waals surface area contributed by atoms with Gasteiger partial charge in [-0.05, 0) is 68.7 Å². The number of aromatic amines is 1. The van der Waals surface area contributed by atoms with Crippen molar-refractivity contribution >= 4 is 28.9 Å². The van der Waals surface area contributed by atoms with Crippen LogP contribution in [0.1, 0.15) is 56.2 Å². The maximum Gasteiger partial charge on any atom is 0.490 e. The van der Waals surface area contributed by atoms with Gasteiger partial charge in [0.2, 0.25) is 5.88 Å². The first-order valence-electron chi connectivity index (χ1n) is 18.9. The van der Waals surface area contributed by atoms with Crippen LogP contribution >= 0.6 is 0 Å². The Balaban J connectivity index is 0.000000366. The van der Waals surface area contributed by atoms with Gasteiger partial charge >= 0.3 is 42.6 Å². The van der Waals surface area contributed by atoms with E-state index in [9.17, 15) is 57.9 Å². The summed E-state index contributed by atoms with van der Waals surface area (Å²) in [5, 5.41) is 39.9. The molecule has 1 saturated heterocycles. The summed E-state index contributed by atoms with van der Waals surface area (Å²) in [7, 11) is 0. The van der Waals surface area contributed by atoms with Gasteiger partial charge in [0.05, 0.1) is 24.4 Å². The number of rotatable bonds is 10. The topological polar surface area (TPSA) is 232 Å². The number of carboxylic acids is 3. The molecule has 356 valence electrons. The highest BCUT2D eigenvalue weighted by molar-refractivity contribution is 5.90. The summed E-state index contributed by atoms with van der Waals surface area (Å²) < 4.78 is 144. The summed E-state index contributed by atoms with van der Waals surface area (Å²) in [5.74, 6) is -7.59. The van der Waals surface area contributed by atoms with E-state index in [1.807, 2.05) is 23.1 Å². The van der Waals surface area contributed by atoms with Gasteiger partial charge in [0, 0.05) is 55.1 Å². The second kappa shape index (κ2) is 20.7. The highest BCUT2D eigenvalue weighted by Crippen LogP contribution is 2.39. The van der Waals surface area contributed by atoms with Crippen LogP contribution in [0, 0.1) is 17.2 Å². The Labute approximate surface area is 358 Å². The monoisotopic (exact) mass is 947 g/mol. The lowest BCUT2D eigenvalue weighted by atomic mass is 9.82. The van der Waals surface area contributed by atoms with Gasteiger partial charge in [0.1, 0.15) is 29.3 Å². The van der Waals surface area contributed by atoms with Gasteiger partial charge in [0.15, 0.2) is 0 Å². The van der Waals surface area contributed by atoms with E-state index in [2.05, 4.69) is 41.3 Å². The van der Waals surface area contributed by atoms with Crippen LogP contribution in [0.3, 0.4) is 0 Å². The fraction of sp³-hybridized carbons (Fsp3) is 0.514. The third-order valence-electron chi connectivity index (χ3n) is 9.89. The van der Waals surface area contributed by atoms with Crippen LogP contribution in [0.2, 0.25) is 0 Å². The van der Waals surface area contributed by atoms with Crippen LogP contribution in [0.4, 0.5) is 52.7 Å². The number of aromatic nitrogens is 6. The molecule has 0 amide bonds. The zero-order valence-electron chi connectivity index (χ0n) is 33.2. The predicted octanol–water partition coefficient (Wildman–Crippen LogP) is 6.95. The van der Waals surface area contributed by atoms with Gasteiger partial charge in [-0.25, -0.2) is 29.3 Å². The molecule has 0 aromatic carbocycles. The lowest BCUT2D eigenvalue weighted by Gasteiger charge is -2.53. The van der Waals surface area contributed by atoms with E-state index in [1.165, 1.54) is 19.2 Å². The highest BCUT2D eigenvalue weighted by Gasteiger charge is 2.48. The Kier molecular flexibility index (Phi) is 16.4. The highest BCUT2D eigenvalue weighted by atomic mass is 19.4. The Hall–Kier alpha value is -6.24.